The number of hydrogen-bond acceptors (Lipinski definition) is 1. The van der Waals surface area contributed by atoms with E-state index >= 15 is 0 Å². The van der Waals surface area contributed by atoms with Gasteiger partial charge in [-0.05, 0) is 24.0 Å². The molecule has 0 atom stereocenters. The van der Waals surface area contributed by atoms with E-state index in [1.54, 1.807) is 0 Å². The Morgan fingerprint density at radius 1 is 0.833 bits per heavy atom. The highest BCUT2D eigenvalue weighted by Crippen LogP contribution is 2.44. The first-order valence-corrected chi connectivity index (χ1v) is 10.1. The van der Waals surface area contributed by atoms with Crippen molar-refractivity contribution in [2.24, 2.45) is 0 Å². The Bertz CT molecular complexity index is 1000. The van der Waals surface area contributed by atoms with Gasteiger partial charge < -0.3 is 29.1 Å². The number of aliphatic carboxylic acids is 1. The lowest BCUT2D eigenvalue weighted by atomic mass is 9.69. The maximum absolute atomic E-state index is 11.3. The molecule has 0 aromatic heterocycles. The van der Waals surface area contributed by atoms with Crippen molar-refractivity contribution in [2.45, 2.75) is 31.6 Å². The normalized spacial score (nSPS) is 14.2. The van der Waals surface area contributed by atoms with Crippen molar-refractivity contribution in [3.63, 3.8) is 0 Å². The summed E-state index contributed by atoms with van der Waals surface area (Å²) in [5, 5.41) is 9.27. The molecule has 0 bridgehead atoms. The number of carbonyl (C=O) groups is 1. The lowest BCUT2D eigenvalue weighted by Gasteiger charge is -2.28. The van der Waals surface area contributed by atoms with Crippen LogP contribution in [0.5, 0.6) is 0 Å². The summed E-state index contributed by atoms with van der Waals surface area (Å²) in [4.78, 5) is 11.3. The van der Waals surface area contributed by atoms with Crippen LogP contribution < -0.4 is 24.0 Å². The highest BCUT2D eigenvalue weighted by atomic mass is 127. The summed E-state index contributed by atoms with van der Waals surface area (Å²) < 4.78 is 2.22. The van der Waals surface area contributed by atoms with Crippen molar-refractivity contribution >= 4 is 17.4 Å². The molecule has 3 aromatic carbocycles. The van der Waals surface area contributed by atoms with Crippen molar-refractivity contribution in [3.8, 4) is 0 Å². The molecule has 0 unspecified atom stereocenters. The zero-order valence-corrected chi connectivity index (χ0v) is 19.2. The molecule has 3 aromatic rings. The molecule has 0 amide bonds. The zero-order valence-electron chi connectivity index (χ0n) is 17.1. The van der Waals surface area contributed by atoms with Crippen LogP contribution in [0.4, 0.5) is 5.69 Å². The van der Waals surface area contributed by atoms with Crippen molar-refractivity contribution in [1.29, 1.82) is 0 Å². The Balaban J connectivity index is 0.00000256. The summed E-state index contributed by atoms with van der Waals surface area (Å²) in [6, 6.07) is 29.7. The summed E-state index contributed by atoms with van der Waals surface area (Å²) in [5.74, 6) is -0.765. The molecule has 30 heavy (non-hydrogen) atoms. The molecule has 3 nitrogen and oxygen atoms in total. The van der Waals surface area contributed by atoms with Gasteiger partial charge in [0.05, 0.1) is 5.41 Å². The van der Waals surface area contributed by atoms with Gasteiger partial charge in [-0.1, -0.05) is 78.9 Å². The number of rotatable bonds is 7. The number of carboxylic acids is 1. The minimum absolute atomic E-state index is 0. The maximum Gasteiger partial charge on any atom is 0.309 e. The minimum Gasteiger partial charge on any atom is -1.00 e. The lowest BCUT2D eigenvalue weighted by Crippen LogP contribution is -3.00. The minimum atomic E-state index is -0.765. The van der Waals surface area contributed by atoms with Crippen molar-refractivity contribution in [2.75, 3.05) is 6.54 Å². The molecule has 1 heterocycles. The van der Waals surface area contributed by atoms with Gasteiger partial charge in [-0.15, -0.1) is 0 Å². The van der Waals surface area contributed by atoms with E-state index in [2.05, 4.69) is 78.2 Å². The predicted octanol–water partition coefficient (Wildman–Crippen LogP) is 2.01. The van der Waals surface area contributed by atoms with Crippen LogP contribution in [-0.4, -0.2) is 27.9 Å². The average molecular weight is 511 g/mol. The molecule has 4 heteroatoms. The van der Waals surface area contributed by atoms with Crippen molar-refractivity contribution in [1.82, 2.24) is 0 Å². The van der Waals surface area contributed by atoms with Crippen LogP contribution in [-0.2, 0) is 23.1 Å². The van der Waals surface area contributed by atoms with Gasteiger partial charge in [-0.25, -0.2) is 0 Å². The van der Waals surface area contributed by atoms with Crippen molar-refractivity contribution in [3.05, 3.63) is 102 Å². The molecule has 0 radical (unpaired) electrons. The zero-order chi connectivity index (χ0) is 20.3. The molecule has 4 rings (SSSR count). The lowest BCUT2D eigenvalue weighted by molar-refractivity contribution is -0.438. The molecule has 0 fully saturated rings. The molecule has 0 saturated heterocycles. The summed E-state index contributed by atoms with van der Waals surface area (Å²) in [6.45, 7) is 2.66. The maximum atomic E-state index is 11.3. The highest BCUT2D eigenvalue weighted by molar-refractivity contribution is 5.95. The second-order valence-electron chi connectivity index (χ2n) is 7.80. The Hall–Kier alpha value is -2.47. The monoisotopic (exact) mass is 511 g/mol. The van der Waals surface area contributed by atoms with Crippen LogP contribution in [0.15, 0.2) is 84.9 Å². The van der Waals surface area contributed by atoms with Gasteiger partial charge in [0.1, 0.15) is 6.42 Å². The number of carboxylic acid groups (broad SMARTS) is 1. The fourth-order valence-electron chi connectivity index (χ4n) is 4.64. The molecule has 1 aliphatic rings. The van der Waals surface area contributed by atoms with E-state index in [0.29, 0.717) is 6.54 Å². The number of halogens is 1. The molecular weight excluding hydrogens is 485 g/mol. The first kappa shape index (κ1) is 22.2. The van der Waals surface area contributed by atoms with Crippen molar-refractivity contribution < 1.29 is 38.5 Å². The second-order valence-corrected chi connectivity index (χ2v) is 7.80. The highest BCUT2D eigenvalue weighted by Gasteiger charge is 2.49. The van der Waals surface area contributed by atoms with Gasteiger partial charge in [0, 0.05) is 18.6 Å². The van der Waals surface area contributed by atoms with Gasteiger partial charge in [0.25, 0.3) is 0 Å². The summed E-state index contributed by atoms with van der Waals surface area (Å²) in [6.07, 6.45) is 1.89. The largest absolute Gasteiger partial charge is 1.00 e. The Labute approximate surface area is 195 Å². The third-order valence-corrected chi connectivity index (χ3v) is 6.05. The van der Waals surface area contributed by atoms with E-state index in [9.17, 15) is 9.90 Å². The number of hydrogen-bond donors (Lipinski definition) is 1. The van der Waals surface area contributed by atoms with E-state index in [-0.39, 0.29) is 35.8 Å². The molecule has 1 N–H and O–H groups in total. The fourth-order valence-corrected chi connectivity index (χ4v) is 4.64. The number of benzene rings is 3. The van der Waals surface area contributed by atoms with Crippen LogP contribution in [0.3, 0.4) is 0 Å². The van der Waals surface area contributed by atoms with E-state index in [0.717, 1.165) is 18.5 Å². The standard InChI is InChI=1S/C26H25NO2.HI/c1-20-26(18-21-10-4-2-5-11-21,19-22-12-6-3-7-13-22)23-14-8-9-15-24(23)27(20)17-16-25(28)29;/h2-15H,16-19H2,1H3;1H. The predicted molar refractivity (Wildman–Crippen MR) is 116 cm³/mol. The third kappa shape index (κ3) is 4.33. The van der Waals surface area contributed by atoms with E-state index in [1.165, 1.54) is 22.4 Å². The molecule has 154 valence electrons. The molecule has 0 saturated carbocycles. The van der Waals surface area contributed by atoms with E-state index in [1.807, 2.05) is 18.2 Å². The van der Waals surface area contributed by atoms with E-state index in [4.69, 9.17) is 0 Å². The Morgan fingerprint density at radius 2 is 1.33 bits per heavy atom. The summed E-state index contributed by atoms with van der Waals surface area (Å²) >= 11 is 0. The summed E-state index contributed by atoms with van der Waals surface area (Å²) in [7, 11) is 0. The van der Waals surface area contributed by atoms with Gasteiger partial charge in [0.2, 0.25) is 5.69 Å². The first-order valence-electron chi connectivity index (χ1n) is 10.1. The Morgan fingerprint density at radius 3 is 1.87 bits per heavy atom. The van der Waals surface area contributed by atoms with Crippen LogP contribution in [0, 0.1) is 0 Å². The van der Waals surface area contributed by atoms with Crippen LogP contribution in [0.1, 0.15) is 30.0 Å². The van der Waals surface area contributed by atoms with Gasteiger partial charge >= 0.3 is 5.97 Å². The van der Waals surface area contributed by atoms with E-state index < -0.39 is 5.97 Å². The van der Waals surface area contributed by atoms with Crippen LogP contribution in [0.25, 0.3) is 0 Å². The molecule has 1 aliphatic heterocycles. The molecular formula is C26H26INO2. The average Bonchev–Trinajstić information content (AvgIpc) is 2.96. The Kier molecular flexibility index (Phi) is 7.08. The SMILES string of the molecule is CC1=[N+](CCC(=O)O)c2ccccc2C1(Cc1ccccc1)Cc1ccccc1.[I-]. The van der Waals surface area contributed by atoms with Gasteiger partial charge in [0.15, 0.2) is 12.3 Å². The quantitative estimate of drug-likeness (QED) is 0.390. The smallest absolute Gasteiger partial charge is 0.309 e. The fraction of sp³-hybridized carbons (Fsp3) is 0.231. The van der Waals surface area contributed by atoms with Gasteiger partial charge in [-0.2, -0.15) is 4.58 Å². The van der Waals surface area contributed by atoms with Crippen LogP contribution >= 0.6 is 0 Å². The topological polar surface area (TPSA) is 40.3 Å². The first-order chi connectivity index (χ1) is 14.1. The number of fused-ring (bicyclic) bond motifs is 1. The number of nitrogens with zero attached hydrogens (tertiary/aromatic N) is 1. The summed E-state index contributed by atoms with van der Waals surface area (Å²) in [5.41, 5.74) is 6.04. The third-order valence-electron chi connectivity index (χ3n) is 6.05. The van der Waals surface area contributed by atoms with Gasteiger partial charge in [-0.3, -0.25) is 4.79 Å². The molecule has 0 aliphatic carbocycles. The second kappa shape index (κ2) is 9.56. The van der Waals surface area contributed by atoms with Crippen LogP contribution in [0.2, 0.25) is 0 Å². The molecule has 0 spiro atoms. The number of para-hydroxylation sites is 1.